The van der Waals surface area contributed by atoms with Crippen molar-refractivity contribution in [2.45, 2.75) is 6.18 Å². The molecule has 0 bridgehead atoms. The molecule has 0 saturated carbocycles. The summed E-state index contributed by atoms with van der Waals surface area (Å²) >= 11 is 8.56. The van der Waals surface area contributed by atoms with Crippen molar-refractivity contribution < 1.29 is 13.2 Å². The van der Waals surface area contributed by atoms with Crippen LogP contribution >= 0.6 is 27.5 Å². The molecule has 0 fully saturated rings. The number of pyridine rings is 1. The molecule has 0 amide bonds. The lowest BCUT2D eigenvalue weighted by molar-refractivity contribution is -0.138. The Labute approximate surface area is 120 Å². The first-order valence-electron chi connectivity index (χ1n) is 5.11. The van der Waals surface area contributed by atoms with E-state index in [2.05, 4.69) is 26.2 Å². The van der Waals surface area contributed by atoms with Gasteiger partial charge in [0.2, 0.25) is 0 Å². The first-order valence-corrected chi connectivity index (χ1v) is 6.29. The number of anilines is 2. The minimum absolute atomic E-state index is 0.00499. The topological polar surface area (TPSA) is 24.9 Å². The smallest absolute Gasteiger partial charge is 0.340 e. The number of hydrogen-bond donors (Lipinski definition) is 1. The Morgan fingerprint density at radius 1 is 1.16 bits per heavy atom. The standard InChI is InChI=1S/C12H7BrClF3N2/c13-10-3-2-8(5-9(10)12(15,16)17)19-11-4-1-7(14)6-18-11/h1-6H,(H,18,19). The zero-order chi connectivity index (χ0) is 14.0. The van der Waals surface area contributed by atoms with E-state index in [1.807, 2.05) is 0 Å². The van der Waals surface area contributed by atoms with Gasteiger partial charge in [-0.05, 0) is 30.3 Å². The van der Waals surface area contributed by atoms with E-state index in [0.717, 1.165) is 6.07 Å². The highest BCUT2D eigenvalue weighted by Gasteiger charge is 2.33. The fraction of sp³-hybridized carbons (Fsp3) is 0.0833. The number of rotatable bonds is 2. The van der Waals surface area contributed by atoms with Gasteiger partial charge < -0.3 is 5.32 Å². The van der Waals surface area contributed by atoms with Crippen LogP contribution in [-0.2, 0) is 6.18 Å². The van der Waals surface area contributed by atoms with Crippen molar-refractivity contribution in [3.8, 4) is 0 Å². The fourth-order valence-corrected chi connectivity index (χ4v) is 2.00. The summed E-state index contributed by atoms with van der Waals surface area (Å²) in [6, 6.07) is 7.05. The number of benzene rings is 1. The van der Waals surface area contributed by atoms with Crippen molar-refractivity contribution in [2.24, 2.45) is 0 Å². The van der Waals surface area contributed by atoms with Crippen molar-refractivity contribution in [1.82, 2.24) is 4.98 Å². The summed E-state index contributed by atoms with van der Waals surface area (Å²) in [5.41, 5.74) is -0.447. The van der Waals surface area contributed by atoms with E-state index in [9.17, 15) is 13.2 Å². The Hall–Kier alpha value is -1.27. The second-order valence-corrected chi connectivity index (χ2v) is 4.97. The normalized spacial score (nSPS) is 11.4. The molecule has 100 valence electrons. The maximum atomic E-state index is 12.7. The van der Waals surface area contributed by atoms with Gasteiger partial charge in [-0.15, -0.1) is 0 Å². The first-order chi connectivity index (χ1) is 8.86. The maximum absolute atomic E-state index is 12.7. The van der Waals surface area contributed by atoms with Gasteiger partial charge in [0.25, 0.3) is 0 Å². The second kappa shape index (κ2) is 5.38. The van der Waals surface area contributed by atoms with Gasteiger partial charge in [-0.3, -0.25) is 0 Å². The van der Waals surface area contributed by atoms with Gasteiger partial charge in [0.15, 0.2) is 0 Å². The van der Waals surface area contributed by atoms with Crippen molar-refractivity contribution in [3.05, 3.63) is 51.6 Å². The molecule has 7 heteroatoms. The summed E-state index contributed by atoms with van der Waals surface area (Å²) in [5.74, 6) is 0.417. The lowest BCUT2D eigenvalue weighted by Crippen LogP contribution is -2.06. The van der Waals surface area contributed by atoms with Gasteiger partial charge in [0.1, 0.15) is 5.82 Å². The molecule has 0 radical (unpaired) electrons. The summed E-state index contributed by atoms with van der Waals surface area (Å²) < 4.78 is 38.2. The molecular weight excluding hydrogens is 344 g/mol. The molecule has 0 aliphatic rings. The van der Waals surface area contributed by atoms with Crippen LogP contribution in [0.1, 0.15) is 5.56 Å². The monoisotopic (exact) mass is 350 g/mol. The largest absolute Gasteiger partial charge is 0.417 e. The number of nitrogens with zero attached hydrogens (tertiary/aromatic N) is 1. The van der Waals surface area contributed by atoms with Gasteiger partial charge >= 0.3 is 6.18 Å². The summed E-state index contributed by atoms with van der Waals surface area (Å²) in [5, 5.41) is 3.24. The van der Waals surface area contributed by atoms with Crippen LogP contribution in [0.2, 0.25) is 5.02 Å². The van der Waals surface area contributed by atoms with Crippen molar-refractivity contribution in [3.63, 3.8) is 0 Å². The molecule has 0 saturated heterocycles. The van der Waals surface area contributed by atoms with Crippen molar-refractivity contribution in [1.29, 1.82) is 0 Å². The summed E-state index contributed by atoms with van der Waals surface area (Å²) in [7, 11) is 0. The van der Waals surface area contributed by atoms with E-state index in [0.29, 0.717) is 16.5 Å². The van der Waals surface area contributed by atoms with Crippen LogP contribution in [0, 0.1) is 0 Å². The predicted octanol–water partition coefficient (Wildman–Crippen LogP) is 5.26. The number of aromatic nitrogens is 1. The third kappa shape index (κ3) is 3.61. The highest BCUT2D eigenvalue weighted by molar-refractivity contribution is 9.10. The Bertz CT molecular complexity index is 585. The molecule has 0 aliphatic heterocycles. The zero-order valence-electron chi connectivity index (χ0n) is 9.30. The summed E-state index contributed by atoms with van der Waals surface area (Å²) in [6.45, 7) is 0. The number of hydrogen-bond acceptors (Lipinski definition) is 2. The van der Waals surface area contributed by atoms with Crippen LogP contribution in [0.15, 0.2) is 41.0 Å². The van der Waals surface area contributed by atoms with E-state index < -0.39 is 11.7 Å². The number of halogens is 5. The molecule has 2 aromatic rings. The molecule has 2 rings (SSSR count). The summed E-state index contributed by atoms with van der Waals surface area (Å²) in [4.78, 5) is 3.95. The summed E-state index contributed by atoms with van der Waals surface area (Å²) in [6.07, 6.45) is -3.00. The molecule has 0 atom stereocenters. The molecule has 2 nitrogen and oxygen atoms in total. The number of alkyl halides is 3. The molecule has 0 unspecified atom stereocenters. The average molecular weight is 352 g/mol. The molecule has 19 heavy (non-hydrogen) atoms. The zero-order valence-corrected chi connectivity index (χ0v) is 11.6. The molecule has 0 spiro atoms. The van der Waals surface area contributed by atoms with Crippen molar-refractivity contribution >= 4 is 39.0 Å². The third-order valence-corrected chi connectivity index (χ3v) is 3.19. The van der Waals surface area contributed by atoms with E-state index in [1.54, 1.807) is 12.1 Å². The predicted molar refractivity (Wildman–Crippen MR) is 71.7 cm³/mol. The van der Waals surface area contributed by atoms with Gasteiger partial charge in [0.05, 0.1) is 10.6 Å². The van der Waals surface area contributed by atoms with Crippen molar-refractivity contribution in [2.75, 3.05) is 5.32 Å². The lowest BCUT2D eigenvalue weighted by Gasteiger charge is -2.12. The molecule has 1 heterocycles. The SMILES string of the molecule is FC(F)(F)c1cc(Nc2ccc(Cl)cn2)ccc1Br. The maximum Gasteiger partial charge on any atom is 0.417 e. The van der Waals surface area contributed by atoms with Crippen LogP contribution in [0.5, 0.6) is 0 Å². The van der Waals surface area contributed by atoms with Crippen LogP contribution in [0.25, 0.3) is 0 Å². The van der Waals surface area contributed by atoms with E-state index in [-0.39, 0.29) is 4.47 Å². The minimum Gasteiger partial charge on any atom is -0.340 e. The van der Waals surface area contributed by atoms with Crippen LogP contribution in [0.3, 0.4) is 0 Å². The van der Waals surface area contributed by atoms with Gasteiger partial charge in [-0.25, -0.2) is 4.98 Å². The quantitative estimate of drug-likeness (QED) is 0.798. The molecule has 0 aliphatic carbocycles. The molecular formula is C12H7BrClF3N2. The van der Waals surface area contributed by atoms with E-state index in [1.165, 1.54) is 18.3 Å². The van der Waals surface area contributed by atoms with E-state index in [4.69, 9.17) is 11.6 Å². The van der Waals surface area contributed by atoms with Crippen LogP contribution in [-0.4, -0.2) is 4.98 Å². The number of nitrogens with one attached hydrogen (secondary N) is 1. The molecule has 1 N–H and O–H groups in total. The van der Waals surface area contributed by atoms with E-state index >= 15 is 0 Å². The molecule has 1 aromatic heterocycles. The molecule has 1 aromatic carbocycles. The Morgan fingerprint density at radius 2 is 1.89 bits per heavy atom. The lowest BCUT2D eigenvalue weighted by atomic mass is 10.2. The van der Waals surface area contributed by atoms with Crippen LogP contribution in [0.4, 0.5) is 24.7 Å². The average Bonchev–Trinajstić information content (AvgIpc) is 2.33. The Morgan fingerprint density at radius 3 is 2.47 bits per heavy atom. The highest BCUT2D eigenvalue weighted by Crippen LogP contribution is 2.36. The van der Waals surface area contributed by atoms with Gasteiger partial charge in [-0.2, -0.15) is 13.2 Å². The second-order valence-electron chi connectivity index (χ2n) is 3.68. The Kier molecular flexibility index (Phi) is 4.01. The Balaban J connectivity index is 2.29. The van der Waals surface area contributed by atoms with Gasteiger partial charge in [0, 0.05) is 16.4 Å². The van der Waals surface area contributed by atoms with Gasteiger partial charge in [-0.1, -0.05) is 27.5 Å². The van der Waals surface area contributed by atoms with Crippen LogP contribution < -0.4 is 5.32 Å². The third-order valence-electron chi connectivity index (χ3n) is 2.27. The minimum atomic E-state index is -4.41. The highest BCUT2D eigenvalue weighted by atomic mass is 79.9. The first kappa shape index (κ1) is 14.1. The fourth-order valence-electron chi connectivity index (χ4n) is 1.42.